The molecule has 1 fully saturated rings. The molecule has 1 aromatic carbocycles. The third-order valence-electron chi connectivity index (χ3n) is 4.66. The minimum atomic E-state index is -0.839. The van der Waals surface area contributed by atoms with E-state index in [0.717, 1.165) is 19.3 Å². The van der Waals surface area contributed by atoms with Crippen LogP contribution in [-0.4, -0.2) is 34.5 Å². The quantitative estimate of drug-likeness (QED) is 0.797. The maximum absolute atomic E-state index is 12.7. The van der Waals surface area contributed by atoms with Crippen LogP contribution in [0.15, 0.2) is 24.3 Å². The molecule has 4 nitrogen and oxygen atoms in total. The first-order valence-corrected chi connectivity index (χ1v) is 8.51. The second-order valence-corrected chi connectivity index (χ2v) is 6.74. The van der Waals surface area contributed by atoms with Crippen molar-refractivity contribution in [3.63, 3.8) is 0 Å². The molecule has 1 aliphatic rings. The van der Waals surface area contributed by atoms with Gasteiger partial charge in [-0.15, -0.1) is 0 Å². The van der Waals surface area contributed by atoms with E-state index in [2.05, 4.69) is 38.1 Å². The lowest BCUT2D eigenvalue weighted by molar-refractivity contribution is -0.143. The Bertz CT molecular complexity index is 548. The molecule has 1 amide bonds. The molecule has 2 rings (SSSR count). The van der Waals surface area contributed by atoms with Gasteiger partial charge in [-0.1, -0.05) is 43.7 Å². The number of carboxylic acid groups (broad SMARTS) is 1. The van der Waals surface area contributed by atoms with Gasteiger partial charge in [-0.2, -0.15) is 0 Å². The van der Waals surface area contributed by atoms with Crippen LogP contribution < -0.4 is 0 Å². The molecule has 0 spiro atoms. The molecule has 1 saturated carbocycles. The van der Waals surface area contributed by atoms with E-state index >= 15 is 0 Å². The molecule has 0 bridgehead atoms. The first-order valence-electron chi connectivity index (χ1n) is 8.51. The van der Waals surface area contributed by atoms with Crippen molar-refractivity contribution in [1.29, 1.82) is 0 Å². The summed E-state index contributed by atoms with van der Waals surface area (Å²) in [6, 6.07) is 8.59. The van der Waals surface area contributed by atoms with E-state index in [0.29, 0.717) is 13.0 Å². The summed E-state index contributed by atoms with van der Waals surface area (Å²) in [6.45, 7) is 6.14. The summed E-state index contributed by atoms with van der Waals surface area (Å²) < 4.78 is 0. The van der Waals surface area contributed by atoms with Gasteiger partial charge in [-0.3, -0.25) is 9.59 Å². The molecule has 0 saturated heterocycles. The van der Waals surface area contributed by atoms with Crippen molar-refractivity contribution in [2.45, 2.75) is 58.4 Å². The highest BCUT2D eigenvalue weighted by Crippen LogP contribution is 2.31. The molecule has 0 radical (unpaired) electrons. The Kier molecular flexibility index (Phi) is 5.80. The first-order chi connectivity index (χ1) is 10.9. The molecule has 1 aliphatic carbocycles. The molecular formula is C19H27NO3. The number of carbonyl (C=O) groups is 2. The average Bonchev–Trinajstić information content (AvgIpc) is 3.35. The van der Waals surface area contributed by atoms with Gasteiger partial charge in [0.1, 0.15) is 0 Å². The van der Waals surface area contributed by atoms with Gasteiger partial charge in [0.25, 0.3) is 0 Å². The average molecular weight is 317 g/mol. The van der Waals surface area contributed by atoms with Crippen molar-refractivity contribution in [2.24, 2.45) is 5.92 Å². The molecule has 126 valence electrons. The number of hydrogen-bond acceptors (Lipinski definition) is 2. The highest BCUT2D eigenvalue weighted by atomic mass is 16.4. The molecule has 23 heavy (non-hydrogen) atoms. The van der Waals surface area contributed by atoms with Crippen molar-refractivity contribution in [3.05, 3.63) is 35.4 Å². The lowest BCUT2D eigenvalue weighted by Gasteiger charge is -2.26. The van der Waals surface area contributed by atoms with Gasteiger partial charge >= 0.3 is 5.97 Å². The van der Waals surface area contributed by atoms with Gasteiger partial charge in [0.15, 0.2) is 0 Å². The zero-order valence-corrected chi connectivity index (χ0v) is 14.3. The molecule has 0 aliphatic heterocycles. The third-order valence-corrected chi connectivity index (χ3v) is 4.66. The summed E-state index contributed by atoms with van der Waals surface area (Å²) in [7, 11) is 0. The number of aliphatic carboxylic acids is 1. The maximum Gasteiger partial charge on any atom is 0.308 e. The fourth-order valence-electron chi connectivity index (χ4n) is 2.88. The van der Waals surface area contributed by atoms with Crippen LogP contribution in [0.5, 0.6) is 0 Å². The number of hydrogen-bond donors (Lipinski definition) is 1. The maximum atomic E-state index is 12.7. The number of carboxylic acids is 1. The second-order valence-electron chi connectivity index (χ2n) is 6.74. The van der Waals surface area contributed by atoms with Crippen LogP contribution in [0, 0.1) is 12.8 Å². The Balaban J connectivity index is 2.04. The Labute approximate surface area is 138 Å². The van der Waals surface area contributed by atoms with Crippen LogP contribution in [-0.2, 0) is 9.59 Å². The highest BCUT2D eigenvalue weighted by molar-refractivity contribution is 5.79. The SMILES string of the molecule is CCC(CC(=O)N(CC(C)C(=O)O)C1CC1)c1ccc(C)cc1. The van der Waals surface area contributed by atoms with Gasteiger partial charge in [0.05, 0.1) is 5.92 Å². The summed E-state index contributed by atoms with van der Waals surface area (Å²) >= 11 is 0. The normalized spacial score (nSPS) is 16.7. The summed E-state index contributed by atoms with van der Waals surface area (Å²) in [5.74, 6) is -1.06. The number of aryl methyl sites for hydroxylation is 1. The van der Waals surface area contributed by atoms with E-state index in [1.54, 1.807) is 11.8 Å². The largest absolute Gasteiger partial charge is 0.481 e. The zero-order valence-electron chi connectivity index (χ0n) is 14.3. The standard InChI is InChI=1S/C19H27NO3/c1-4-15(16-7-5-13(2)6-8-16)11-18(21)20(17-9-10-17)12-14(3)19(22)23/h5-8,14-15,17H,4,9-12H2,1-3H3,(H,22,23). The van der Waals surface area contributed by atoms with E-state index in [-0.39, 0.29) is 17.9 Å². The molecule has 1 N–H and O–H groups in total. The smallest absolute Gasteiger partial charge is 0.308 e. The van der Waals surface area contributed by atoms with Crippen molar-refractivity contribution in [1.82, 2.24) is 4.90 Å². The van der Waals surface area contributed by atoms with E-state index in [9.17, 15) is 9.59 Å². The molecule has 2 unspecified atom stereocenters. The van der Waals surface area contributed by atoms with Crippen LogP contribution in [0.2, 0.25) is 0 Å². The van der Waals surface area contributed by atoms with Crippen LogP contribution in [0.25, 0.3) is 0 Å². The van der Waals surface area contributed by atoms with Gasteiger partial charge < -0.3 is 10.0 Å². The molecule has 0 heterocycles. The minimum absolute atomic E-state index is 0.0908. The molecule has 4 heteroatoms. The Hall–Kier alpha value is -1.84. The minimum Gasteiger partial charge on any atom is -0.481 e. The van der Waals surface area contributed by atoms with Crippen molar-refractivity contribution in [3.8, 4) is 0 Å². The molecule has 0 aromatic heterocycles. The Morgan fingerprint density at radius 1 is 1.26 bits per heavy atom. The fraction of sp³-hybridized carbons (Fsp3) is 0.579. The summed E-state index contributed by atoms with van der Waals surface area (Å²) in [6.07, 6.45) is 3.36. The lowest BCUT2D eigenvalue weighted by Crippen LogP contribution is -2.39. The van der Waals surface area contributed by atoms with Crippen LogP contribution in [0.1, 0.15) is 56.6 Å². The van der Waals surface area contributed by atoms with Crippen LogP contribution in [0.4, 0.5) is 0 Å². The van der Waals surface area contributed by atoms with Crippen molar-refractivity contribution >= 4 is 11.9 Å². The van der Waals surface area contributed by atoms with E-state index in [1.165, 1.54) is 11.1 Å². The molecule has 1 aromatic rings. The van der Waals surface area contributed by atoms with Gasteiger partial charge in [-0.05, 0) is 37.7 Å². The van der Waals surface area contributed by atoms with Crippen molar-refractivity contribution in [2.75, 3.05) is 6.54 Å². The summed E-state index contributed by atoms with van der Waals surface area (Å²) in [5, 5.41) is 9.11. The second kappa shape index (κ2) is 7.62. The lowest BCUT2D eigenvalue weighted by atomic mass is 9.92. The first kappa shape index (κ1) is 17.5. The predicted molar refractivity (Wildman–Crippen MR) is 90.4 cm³/mol. The predicted octanol–water partition coefficient (Wildman–Crippen LogP) is 3.59. The number of amides is 1. The van der Waals surface area contributed by atoms with Gasteiger partial charge in [-0.25, -0.2) is 0 Å². The molecule has 2 atom stereocenters. The van der Waals surface area contributed by atoms with E-state index in [4.69, 9.17) is 5.11 Å². The number of rotatable bonds is 8. The number of carbonyl (C=O) groups excluding carboxylic acids is 1. The molecular weight excluding hydrogens is 290 g/mol. The van der Waals surface area contributed by atoms with E-state index < -0.39 is 11.9 Å². The highest BCUT2D eigenvalue weighted by Gasteiger charge is 2.35. The Morgan fingerprint density at radius 3 is 2.35 bits per heavy atom. The van der Waals surface area contributed by atoms with Crippen LogP contribution in [0.3, 0.4) is 0 Å². The summed E-state index contributed by atoms with van der Waals surface area (Å²) in [5.41, 5.74) is 2.40. The number of benzene rings is 1. The van der Waals surface area contributed by atoms with Crippen molar-refractivity contribution < 1.29 is 14.7 Å². The van der Waals surface area contributed by atoms with Gasteiger partial charge in [0.2, 0.25) is 5.91 Å². The summed E-state index contributed by atoms with van der Waals surface area (Å²) in [4.78, 5) is 25.6. The topological polar surface area (TPSA) is 57.6 Å². The fourth-order valence-corrected chi connectivity index (χ4v) is 2.88. The van der Waals surface area contributed by atoms with E-state index in [1.807, 2.05) is 0 Å². The third kappa shape index (κ3) is 4.81. The monoisotopic (exact) mass is 317 g/mol. The number of nitrogens with zero attached hydrogens (tertiary/aromatic N) is 1. The zero-order chi connectivity index (χ0) is 17.0. The van der Waals surface area contributed by atoms with Gasteiger partial charge in [0, 0.05) is 19.0 Å². The Morgan fingerprint density at radius 2 is 1.87 bits per heavy atom. The van der Waals surface area contributed by atoms with Crippen LogP contribution >= 0.6 is 0 Å².